The molecule has 2 aliphatic heterocycles. The van der Waals surface area contributed by atoms with Crippen LogP contribution in [0.4, 0.5) is 13.2 Å². The molecule has 0 radical (unpaired) electrons. The predicted molar refractivity (Wildman–Crippen MR) is 123 cm³/mol. The maximum Gasteiger partial charge on any atom is 0.433 e. The molecule has 2 fully saturated rings. The van der Waals surface area contributed by atoms with Crippen LogP contribution in [0, 0.1) is 0 Å². The van der Waals surface area contributed by atoms with Crippen LogP contribution in [0.3, 0.4) is 0 Å². The topological polar surface area (TPSA) is 52.1 Å². The Kier molecular flexibility index (Phi) is 8.41. The van der Waals surface area contributed by atoms with Crippen LogP contribution in [-0.2, 0) is 12.7 Å². The number of para-hydroxylation sites is 1. The number of hydrogen-bond acceptors (Lipinski definition) is 6. The number of piperidine rings is 1. The van der Waals surface area contributed by atoms with Crippen molar-refractivity contribution in [2.75, 3.05) is 52.4 Å². The van der Waals surface area contributed by atoms with Gasteiger partial charge in [0.2, 0.25) is 0 Å². The van der Waals surface area contributed by atoms with E-state index in [1.54, 1.807) is 0 Å². The van der Waals surface area contributed by atoms with Crippen LogP contribution >= 0.6 is 0 Å². The average molecular weight is 479 g/mol. The number of ether oxygens (including phenoxy) is 1. The summed E-state index contributed by atoms with van der Waals surface area (Å²) in [7, 11) is 0. The lowest BCUT2D eigenvalue weighted by Crippen LogP contribution is -2.54. The Morgan fingerprint density at radius 3 is 2.26 bits per heavy atom. The van der Waals surface area contributed by atoms with Gasteiger partial charge in [-0.1, -0.05) is 24.3 Å². The number of rotatable bonds is 8. The zero-order chi connectivity index (χ0) is 24.0. The summed E-state index contributed by atoms with van der Waals surface area (Å²) in [5.74, 6) is 0.771. The van der Waals surface area contributed by atoms with Crippen molar-refractivity contribution in [3.8, 4) is 5.75 Å². The molecule has 2 aliphatic rings. The second kappa shape index (κ2) is 11.5. The molecule has 1 N–H and O–H groups in total. The molecule has 34 heavy (non-hydrogen) atoms. The molecule has 0 aliphatic carbocycles. The molecule has 0 bridgehead atoms. The largest absolute Gasteiger partial charge is 0.491 e. The number of β-amino-alcohol motifs (C(OH)–C–C–N with tert-alkyl or cyclic N) is 1. The van der Waals surface area contributed by atoms with Gasteiger partial charge in [-0.3, -0.25) is 19.7 Å². The Hall–Kier alpha value is -2.20. The van der Waals surface area contributed by atoms with Gasteiger partial charge >= 0.3 is 6.18 Å². The molecule has 2 aromatic rings. The number of benzene rings is 1. The van der Waals surface area contributed by atoms with E-state index < -0.39 is 18.0 Å². The number of halogens is 3. The molecule has 6 nitrogen and oxygen atoms in total. The first kappa shape index (κ1) is 24.9. The first-order valence-corrected chi connectivity index (χ1v) is 11.9. The van der Waals surface area contributed by atoms with Crippen LogP contribution < -0.4 is 4.74 Å². The van der Waals surface area contributed by atoms with Gasteiger partial charge in [0.1, 0.15) is 24.2 Å². The number of alkyl halides is 3. The number of likely N-dealkylation sites (tertiary alicyclic amines) is 1. The Morgan fingerprint density at radius 1 is 0.941 bits per heavy atom. The molecule has 9 heteroatoms. The number of aliphatic hydroxyl groups excluding tert-OH is 1. The molecular weight excluding hydrogens is 445 g/mol. The van der Waals surface area contributed by atoms with Crippen LogP contribution in [0.1, 0.15) is 24.1 Å². The lowest BCUT2D eigenvalue weighted by molar-refractivity contribution is -0.141. The molecule has 0 spiro atoms. The molecule has 4 rings (SSSR count). The standard InChI is InChI=1S/C25H33F3N4O2/c26-25(27,28)24-7-6-20(16-29-24)17-30-10-8-21(9-11-30)32-14-12-31(13-15-32)18-22(33)19-34-23-4-2-1-3-5-23/h1-7,16,21-22,33H,8-15,17-19H2. The molecule has 1 unspecified atom stereocenters. The summed E-state index contributed by atoms with van der Waals surface area (Å²) in [6, 6.07) is 12.7. The van der Waals surface area contributed by atoms with Crippen LogP contribution in [0.15, 0.2) is 48.7 Å². The van der Waals surface area contributed by atoms with E-state index in [0.29, 0.717) is 19.1 Å². The van der Waals surface area contributed by atoms with E-state index in [1.807, 2.05) is 30.3 Å². The Bertz CT molecular complexity index is 866. The van der Waals surface area contributed by atoms with E-state index in [0.717, 1.165) is 69.5 Å². The molecule has 3 heterocycles. The van der Waals surface area contributed by atoms with Gasteiger partial charge in [-0.05, 0) is 49.7 Å². The molecular formula is C25H33F3N4O2. The fraction of sp³-hybridized carbons (Fsp3) is 0.560. The van der Waals surface area contributed by atoms with Crippen LogP contribution in [0.25, 0.3) is 0 Å². The number of hydrogen-bond donors (Lipinski definition) is 1. The summed E-state index contributed by atoms with van der Waals surface area (Å²) in [5.41, 5.74) is -0.0276. The molecule has 2 saturated heterocycles. The second-order valence-electron chi connectivity index (χ2n) is 9.17. The molecule has 0 saturated carbocycles. The van der Waals surface area contributed by atoms with Crippen LogP contribution in [0.5, 0.6) is 5.75 Å². The third-order valence-electron chi connectivity index (χ3n) is 6.66. The zero-order valence-electron chi connectivity index (χ0n) is 19.3. The van der Waals surface area contributed by atoms with Crippen molar-refractivity contribution in [3.63, 3.8) is 0 Å². The van der Waals surface area contributed by atoms with Gasteiger partial charge in [0.15, 0.2) is 0 Å². The molecule has 186 valence electrons. The highest BCUT2D eigenvalue weighted by molar-refractivity contribution is 5.21. The van der Waals surface area contributed by atoms with Gasteiger partial charge in [-0.15, -0.1) is 0 Å². The lowest BCUT2D eigenvalue weighted by Gasteiger charge is -2.43. The average Bonchev–Trinajstić information content (AvgIpc) is 2.84. The molecule has 1 atom stereocenters. The molecule has 0 amide bonds. The molecule has 1 aromatic heterocycles. The summed E-state index contributed by atoms with van der Waals surface area (Å²) in [5, 5.41) is 10.3. The van der Waals surface area contributed by atoms with E-state index in [9.17, 15) is 18.3 Å². The fourth-order valence-corrected chi connectivity index (χ4v) is 4.76. The normalized spacial score (nSPS) is 20.4. The van der Waals surface area contributed by atoms with Crippen molar-refractivity contribution in [1.29, 1.82) is 0 Å². The fourth-order valence-electron chi connectivity index (χ4n) is 4.76. The van der Waals surface area contributed by atoms with E-state index in [4.69, 9.17) is 4.74 Å². The maximum atomic E-state index is 12.7. The highest BCUT2D eigenvalue weighted by atomic mass is 19.4. The van der Waals surface area contributed by atoms with Crippen LogP contribution in [-0.4, -0.2) is 89.4 Å². The Labute approximate surface area is 198 Å². The highest BCUT2D eigenvalue weighted by Crippen LogP contribution is 2.27. The van der Waals surface area contributed by atoms with Gasteiger partial charge in [0.25, 0.3) is 0 Å². The third-order valence-corrected chi connectivity index (χ3v) is 6.66. The summed E-state index contributed by atoms with van der Waals surface area (Å²) in [6.45, 7) is 7.23. The smallest absolute Gasteiger partial charge is 0.433 e. The minimum atomic E-state index is -4.39. The number of aliphatic hydroxyl groups is 1. The van der Waals surface area contributed by atoms with Crippen molar-refractivity contribution < 1.29 is 23.0 Å². The van der Waals surface area contributed by atoms with E-state index >= 15 is 0 Å². The number of piperazine rings is 1. The molecule has 1 aromatic carbocycles. The SMILES string of the molecule is OC(COc1ccccc1)CN1CCN(C2CCN(Cc3ccc(C(F)(F)F)nc3)CC2)CC1. The number of pyridine rings is 1. The lowest BCUT2D eigenvalue weighted by atomic mass is 10.0. The van der Waals surface area contributed by atoms with Crippen molar-refractivity contribution in [2.24, 2.45) is 0 Å². The predicted octanol–water partition coefficient (Wildman–Crippen LogP) is 3.12. The highest BCUT2D eigenvalue weighted by Gasteiger charge is 2.32. The summed E-state index contributed by atoms with van der Waals surface area (Å²) in [4.78, 5) is 10.7. The van der Waals surface area contributed by atoms with Crippen molar-refractivity contribution in [1.82, 2.24) is 19.7 Å². The first-order chi connectivity index (χ1) is 16.4. The van der Waals surface area contributed by atoms with Gasteiger partial charge in [0, 0.05) is 51.5 Å². The summed E-state index contributed by atoms with van der Waals surface area (Å²) in [6.07, 6.45) is -1.46. The summed E-state index contributed by atoms with van der Waals surface area (Å²) < 4.78 is 43.7. The van der Waals surface area contributed by atoms with E-state index in [1.165, 1.54) is 12.3 Å². The van der Waals surface area contributed by atoms with Crippen molar-refractivity contribution in [3.05, 3.63) is 59.9 Å². The quantitative estimate of drug-likeness (QED) is 0.629. The zero-order valence-corrected chi connectivity index (χ0v) is 19.3. The summed E-state index contributed by atoms with van der Waals surface area (Å²) >= 11 is 0. The van der Waals surface area contributed by atoms with Crippen molar-refractivity contribution in [2.45, 2.75) is 37.7 Å². The second-order valence-corrected chi connectivity index (χ2v) is 9.17. The van der Waals surface area contributed by atoms with E-state index in [2.05, 4.69) is 19.7 Å². The van der Waals surface area contributed by atoms with Gasteiger partial charge in [-0.2, -0.15) is 13.2 Å². The van der Waals surface area contributed by atoms with Gasteiger partial charge in [0.05, 0.1) is 0 Å². The van der Waals surface area contributed by atoms with Gasteiger partial charge < -0.3 is 9.84 Å². The monoisotopic (exact) mass is 478 g/mol. The Morgan fingerprint density at radius 2 is 1.65 bits per heavy atom. The maximum absolute atomic E-state index is 12.7. The van der Waals surface area contributed by atoms with E-state index in [-0.39, 0.29) is 6.61 Å². The Balaban J connectivity index is 1.13. The van der Waals surface area contributed by atoms with Crippen LogP contribution in [0.2, 0.25) is 0 Å². The first-order valence-electron chi connectivity index (χ1n) is 11.9. The van der Waals surface area contributed by atoms with Gasteiger partial charge in [-0.25, -0.2) is 0 Å². The third kappa shape index (κ3) is 7.15. The number of aromatic nitrogens is 1. The minimum Gasteiger partial charge on any atom is -0.491 e. The van der Waals surface area contributed by atoms with Crippen molar-refractivity contribution >= 4 is 0 Å². The number of nitrogens with zero attached hydrogens (tertiary/aromatic N) is 4. The minimum absolute atomic E-state index is 0.289.